The summed E-state index contributed by atoms with van der Waals surface area (Å²) in [6, 6.07) is 5.70. The minimum Gasteiger partial charge on any atom is -0.317 e. The first kappa shape index (κ1) is 14.2. The van der Waals surface area contributed by atoms with E-state index in [1.54, 1.807) is 6.07 Å². The van der Waals surface area contributed by atoms with E-state index in [1.807, 2.05) is 23.9 Å². The molecule has 0 spiro atoms. The number of thioether (sulfide) groups is 1. The molecule has 0 aliphatic rings. The number of hydrogen-bond donors (Lipinski definition) is 1. The van der Waals surface area contributed by atoms with Crippen LogP contribution < -0.4 is 5.32 Å². The maximum absolute atomic E-state index is 6.08. The monoisotopic (exact) mass is 277 g/mol. The van der Waals surface area contributed by atoms with E-state index in [0.717, 1.165) is 29.6 Å². The Labute approximate surface area is 112 Å². The molecule has 4 heteroatoms. The average Bonchev–Trinajstić information content (AvgIpc) is 2.26. The van der Waals surface area contributed by atoms with E-state index in [9.17, 15) is 0 Å². The molecular weight excluding hydrogens is 261 g/mol. The van der Waals surface area contributed by atoms with Gasteiger partial charge in [0.15, 0.2) is 0 Å². The van der Waals surface area contributed by atoms with Crippen LogP contribution in [0.2, 0.25) is 10.0 Å². The maximum Gasteiger partial charge on any atom is 0.0461 e. The van der Waals surface area contributed by atoms with E-state index < -0.39 is 0 Å². The zero-order valence-corrected chi connectivity index (χ0v) is 11.8. The first-order chi connectivity index (χ1) is 7.74. The third-order valence-corrected chi connectivity index (χ3v) is 3.84. The molecule has 0 atom stereocenters. The molecule has 1 aromatic rings. The molecule has 0 fully saturated rings. The van der Waals surface area contributed by atoms with Crippen molar-refractivity contribution in [1.82, 2.24) is 5.32 Å². The van der Waals surface area contributed by atoms with Gasteiger partial charge in [0, 0.05) is 15.8 Å². The molecule has 1 N–H and O–H groups in total. The Morgan fingerprint density at radius 2 is 2.12 bits per heavy atom. The normalized spacial score (nSPS) is 10.7. The second kappa shape index (κ2) is 8.24. The van der Waals surface area contributed by atoms with Gasteiger partial charge in [-0.2, -0.15) is 11.8 Å². The molecule has 0 aliphatic carbocycles. The predicted octanol–water partition coefficient (Wildman–Crippen LogP) is 4.23. The lowest BCUT2D eigenvalue weighted by molar-refractivity contribution is 0.707. The highest BCUT2D eigenvalue weighted by Gasteiger charge is 2.01. The van der Waals surface area contributed by atoms with E-state index in [0.29, 0.717) is 5.02 Å². The molecule has 0 heterocycles. The van der Waals surface area contributed by atoms with Crippen molar-refractivity contribution in [3.8, 4) is 0 Å². The van der Waals surface area contributed by atoms with Gasteiger partial charge in [-0.3, -0.25) is 0 Å². The van der Waals surface area contributed by atoms with Crippen molar-refractivity contribution >= 4 is 35.0 Å². The minimum absolute atomic E-state index is 0.700. The van der Waals surface area contributed by atoms with Crippen molar-refractivity contribution in [3.05, 3.63) is 33.8 Å². The van der Waals surface area contributed by atoms with Crippen molar-refractivity contribution < 1.29 is 0 Å². The molecule has 16 heavy (non-hydrogen) atoms. The van der Waals surface area contributed by atoms with Gasteiger partial charge in [-0.05, 0) is 43.0 Å². The van der Waals surface area contributed by atoms with Gasteiger partial charge >= 0.3 is 0 Å². The molecule has 1 nitrogen and oxygen atoms in total. The van der Waals surface area contributed by atoms with Gasteiger partial charge in [0.05, 0.1) is 0 Å². The summed E-state index contributed by atoms with van der Waals surface area (Å²) in [5.41, 5.74) is 1.17. The Bertz CT molecular complexity index is 318. The van der Waals surface area contributed by atoms with Crippen molar-refractivity contribution in [3.63, 3.8) is 0 Å². The molecular formula is C12H17Cl2NS. The Morgan fingerprint density at radius 1 is 1.31 bits per heavy atom. The van der Waals surface area contributed by atoms with Crippen LogP contribution in [0.1, 0.15) is 18.9 Å². The Kier molecular flexibility index (Phi) is 7.30. The van der Waals surface area contributed by atoms with Gasteiger partial charge in [0.25, 0.3) is 0 Å². The van der Waals surface area contributed by atoms with E-state index in [2.05, 4.69) is 12.2 Å². The fourth-order valence-corrected chi connectivity index (χ4v) is 2.82. The lowest BCUT2D eigenvalue weighted by Gasteiger charge is -2.05. The third kappa shape index (κ3) is 5.44. The van der Waals surface area contributed by atoms with E-state index in [4.69, 9.17) is 23.2 Å². The second-order valence-electron chi connectivity index (χ2n) is 3.50. The van der Waals surface area contributed by atoms with Crippen LogP contribution in [0.3, 0.4) is 0 Å². The first-order valence-corrected chi connectivity index (χ1v) is 7.37. The number of benzene rings is 1. The van der Waals surface area contributed by atoms with Crippen molar-refractivity contribution in [2.24, 2.45) is 0 Å². The molecule has 90 valence electrons. The van der Waals surface area contributed by atoms with Crippen LogP contribution in [0, 0.1) is 0 Å². The largest absolute Gasteiger partial charge is 0.317 e. The molecule has 1 aromatic carbocycles. The molecule has 0 saturated carbocycles. The summed E-state index contributed by atoms with van der Waals surface area (Å²) in [5, 5.41) is 4.78. The van der Waals surface area contributed by atoms with Crippen LogP contribution in [0.4, 0.5) is 0 Å². The van der Waals surface area contributed by atoms with Crippen LogP contribution in [0.5, 0.6) is 0 Å². The van der Waals surface area contributed by atoms with Crippen LogP contribution in [-0.2, 0) is 5.75 Å². The van der Waals surface area contributed by atoms with Gasteiger partial charge in [-0.25, -0.2) is 0 Å². The fraction of sp³-hybridized carbons (Fsp3) is 0.500. The average molecular weight is 278 g/mol. The standard InChI is InChI=1S/C12H17Cl2NS/c1-2-15-6-3-7-16-9-10-4-5-11(13)8-12(10)14/h4-5,8,15H,2-3,6-7,9H2,1H3. The zero-order valence-electron chi connectivity index (χ0n) is 9.43. The Hall–Kier alpha value is 0.110. The quantitative estimate of drug-likeness (QED) is 0.749. The summed E-state index contributed by atoms with van der Waals surface area (Å²) >= 11 is 13.8. The van der Waals surface area contributed by atoms with Crippen LogP contribution in [-0.4, -0.2) is 18.8 Å². The lowest BCUT2D eigenvalue weighted by atomic mass is 10.2. The highest BCUT2D eigenvalue weighted by atomic mass is 35.5. The second-order valence-corrected chi connectivity index (χ2v) is 5.44. The summed E-state index contributed by atoms with van der Waals surface area (Å²) in [5.74, 6) is 2.12. The number of nitrogens with one attached hydrogen (secondary N) is 1. The topological polar surface area (TPSA) is 12.0 Å². The summed E-state index contributed by atoms with van der Waals surface area (Å²) < 4.78 is 0. The smallest absolute Gasteiger partial charge is 0.0461 e. The van der Waals surface area contributed by atoms with E-state index in [-0.39, 0.29) is 0 Å². The highest BCUT2D eigenvalue weighted by molar-refractivity contribution is 7.98. The van der Waals surface area contributed by atoms with Gasteiger partial charge < -0.3 is 5.32 Å². The lowest BCUT2D eigenvalue weighted by Crippen LogP contribution is -2.14. The van der Waals surface area contributed by atoms with Crippen molar-refractivity contribution in [2.75, 3.05) is 18.8 Å². The Balaban J connectivity index is 2.21. The molecule has 0 unspecified atom stereocenters. The minimum atomic E-state index is 0.700. The zero-order chi connectivity index (χ0) is 11.8. The highest BCUT2D eigenvalue weighted by Crippen LogP contribution is 2.24. The molecule has 0 aromatic heterocycles. The van der Waals surface area contributed by atoms with Crippen LogP contribution in [0.15, 0.2) is 18.2 Å². The molecule has 0 radical (unpaired) electrons. The van der Waals surface area contributed by atoms with Gasteiger partial charge in [-0.1, -0.05) is 36.2 Å². The number of rotatable bonds is 7. The number of hydrogen-bond acceptors (Lipinski definition) is 2. The maximum atomic E-state index is 6.08. The summed E-state index contributed by atoms with van der Waals surface area (Å²) in [7, 11) is 0. The van der Waals surface area contributed by atoms with Crippen LogP contribution >= 0.6 is 35.0 Å². The number of halogens is 2. The molecule has 0 saturated heterocycles. The van der Waals surface area contributed by atoms with Gasteiger partial charge in [-0.15, -0.1) is 0 Å². The van der Waals surface area contributed by atoms with Gasteiger partial charge in [0.1, 0.15) is 0 Å². The summed E-state index contributed by atoms with van der Waals surface area (Å²) in [6.07, 6.45) is 1.20. The molecule has 0 amide bonds. The molecule has 0 aliphatic heterocycles. The van der Waals surface area contributed by atoms with Gasteiger partial charge in [0.2, 0.25) is 0 Å². The summed E-state index contributed by atoms with van der Waals surface area (Å²) in [6.45, 7) is 4.27. The Morgan fingerprint density at radius 3 is 2.81 bits per heavy atom. The van der Waals surface area contributed by atoms with Crippen molar-refractivity contribution in [1.29, 1.82) is 0 Å². The van der Waals surface area contributed by atoms with Crippen LogP contribution in [0.25, 0.3) is 0 Å². The SMILES string of the molecule is CCNCCCSCc1ccc(Cl)cc1Cl. The van der Waals surface area contributed by atoms with Crippen molar-refractivity contribution in [2.45, 2.75) is 19.1 Å². The van der Waals surface area contributed by atoms with E-state index >= 15 is 0 Å². The first-order valence-electron chi connectivity index (χ1n) is 5.46. The summed E-state index contributed by atoms with van der Waals surface area (Å²) in [4.78, 5) is 0. The predicted molar refractivity (Wildman–Crippen MR) is 75.8 cm³/mol. The molecule has 0 bridgehead atoms. The van der Waals surface area contributed by atoms with E-state index in [1.165, 1.54) is 12.0 Å². The fourth-order valence-electron chi connectivity index (χ4n) is 1.30. The third-order valence-electron chi connectivity index (χ3n) is 2.16. The molecule has 1 rings (SSSR count).